The first-order valence-corrected chi connectivity index (χ1v) is 7.91. The summed E-state index contributed by atoms with van der Waals surface area (Å²) in [6.45, 7) is 8.02. The topological polar surface area (TPSA) is 73.5 Å². The fourth-order valence-corrected chi connectivity index (χ4v) is 2.76. The van der Waals surface area contributed by atoms with Gasteiger partial charge in [0.1, 0.15) is 0 Å². The molecule has 0 radical (unpaired) electrons. The van der Waals surface area contributed by atoms with Crippen molar-refractivity contribution in [1.29, 1.82) is 0 Å². The predicted molar refractivity (Wildman–Crippen MR) is 78.4 cm³/mol. The van der Waals surface area contributed by atoms with E-state index < -0.39 is 6.03 Å². The lowest BCUT2D eigenvalue weighted by molar-refractivity contribution is -0.121. The van der Waals surface area contributed by atoms with Crippen LogP contribution in [0.1, 0.15) is 13.8 Å². The molecule has 6 nitrogen and oxygen atoms in total. The van der Waals surface area contributed by atoms with Crippen molar-refractivity contribution in [3.8, 4) is 0 Å². The van der Waals surface area contributed by atoms with Crippen molar-refractivity contribution < 1.29 is 9.59 Å². The van der Waals surface area contributed by atoms with Gasteiger partial charge in [0, 0.05) is 44.2 Å². The molecule has 0 saturated carbocycles. The van der Waals surface area contributed by atoms with Gasteiger partial charge in [-0.25, -0.2) is 4.79 Å². The molecule has 1 unspecified atom stereocenters. The number of imide groups is 1. The second kappa shape index (κ2) is 9.17. The van der Waals surface area contributed by atoms with Gasteiger partial charge in [0.2, 0.25) is 5.91 Å². The summed E-state index contributed by atoms with van der Waals surface area (Å²) in [5.74, 6) is 2.08. The zero-order valence-electron chi connectivity index (χ0n) is 11.7. The number of hydrogen-bond donors (Lipinski definition) is 3. The van der Waals surface area contributed by atoms with Gasteiger partial charge in [-0.1, -0.05) is 0 Å². The maximum atomic E-state index is 11.7. The summed E-state index contributed by atoms with van der Waals surface area (Å²) in [6, 6.07) is -0.795. The summed E-state index contributed by atoms with van der Waals surface area (Å²) in [6.07, 6.45) is 0. The summed E-state index contributed by atoms with van der Waals surface area (Å²) < 4.78 is 0. The Kier molecular flexibility index (Phi) is 7.85. The molecule has 0 spiro atoms. The molecule has 7 heteroatoms. The molecule has 1 saturated heterocycles. The predicted octanol–water partition coefficient (Wildman–Crippen LogP) is -0.141. The lowest BCUT2D eigenvalue weighted by Crippen LogP contribution is -2.49. The van der Waals surface area contributed by atoms with Gasteiger partial charge in [-0.3, -0.25) is 10.1 Å². The van der Waals surface area contributed by atoms with Crippen molar-refractivity contribution in [2.24, 2.45) is 0 Å². The third kappa shape index (κ3) is 6.79. The molecule has 0 aromatic heterocycles. The van der Waals surface area contributed by atoms with Gasteiger partial charge in [-0.15, -0.1) is 0 Å². The summed E-state index contributed by atoms with van der Waals surface area (Å²) in [4.78, 5) is 25.2. The van der Waals surface area contributed by atoms with E-state index >= 15 is 0 Å². The average molecular weight is 288 g/mol. The van der Waals surface area contributed by atoms with Gasteiger partial charge in [-0.05, 0) is 13.8 Å². The molecular weight excluding hydrogens is 264 g/mol. The van der Waals surface area contributed by atoms with E-state index in [4.69, 9.17) is 0 Å². The molecule has 19 heavy (non-hydrogen) atoms. The van der Waals surface area contributed by atoms with Crippen molar-refractivity contribution >= 4 is 23.7 Å². The van der Waals surface area contributed by atoms with Crippen molar-refractivity contribution in [1.82, 2.24) is 20.9 Å². The first-order chi connectivity index (χ1) is 9.13. The van der Waals surface area contributed by atoms with Gasteiger partial charge < -0.3 is 15.5 Å². The van der Waals surface area contributed by atoms with Crippen LogP contribution in [-0.4, -0.2) is 67.1 Å². The van der Waals surface area contributed by atoms with E-state index in [-0.39, 0.29) is 11.9 Å². The SMILES string of the molecule is CCNC(=O)NC(=O)C(C)NCCN1CCSCC1. The highest BCUT2D eigenvalue weighted by Gasteiger charge is 2.15. The van der Waals surface area contributed by atoms with Crippen LogP contribution >= 0.6 is 11.8 Å². The van der Waals surface area contributed by atoms with Gasteiger partial charge in [0.05, 0.1) is 6.04 Å². The minimum absolute atomic E-state index is 0.292. The Balaban J connectivity index is 2.13. The van der Waals surface area contributed by atoms with Crippen molar-refractivity contribution in [3.05, 3.63) is 0 Å². The smallest absolute Gasteiger partial charge is 0.321 e. The quantitative estimate of drug-likeness (QED) is 0.634. The zero-order valence-corrected chi connectivity index (χ0v) is 12.5. The van der Waals surface area contributed by atoms with E-state index in [2.05, 4.69) is 20.9 Å². The van der Waals surface area contributed by atoms with E-state index in [9.17, 15) is 9.59 Å². The minimum Gasteiger partial charge on any atom is -0.338 e. The van der Waals surface area contributed by atoms with Crippen LogP contribution in [-0.2, 0) is 4.79 Å². The number of nitrogens with one attached hydrogen (secondary N) is 3. The lowest BCUT2D eigenvalue weighted by Gasteiger charge is -2.26. The summed E-state index contributed by atoms with van der Waals surface area (Å²) in [7, 11) is 0. The van der Waals surface area contributed by atoms with Crippen LogP contribution in [0.4, 0.5) is 4.79 Å². The molecule has 110 valence electrons. The van der Waals surface area contributed by atoms with Crippen molar-refractivity contribution in [2.75, 3.05) is 44.2 Å². The Labute approximate surface area is 119 Å². The second-order valence-electron chi connectivity index (χ2n) is 4.48. The third-order valence-corrected chi connectivity index (χ3v) is 3.89. The molecule has 1 fully saturated rings. The zero-order chi connectivity index (χ0) is 14.1. The maximum Gasteiger partial charge on any atom is 0.321 e. The number of amides is 3. The molecule has 0 aliphatic carbocycles. The van der Waals surface area contributed by atoms with E-state index in [1.54, 1.807) is 6.92 Å². The highest BCUT2D eigenvalue weighted by Crippen LogP contribution is 2.07. The Morgan fingerprint density at radius 1 is 1.32 bits per heavy atom. The summed E-state index contributed by atoms with van der Waals surface area (Å²) in [5.41, 5.74) is 0. The Hall–Kier alpha value is -0.790. The largest absolute Gasteiger partial charge is 0.338 e. The molecule has 1 heterocycles. The monoisotopic (exact) mass is 288 g/mol. The normalized spacial score (nSPS) is 17.8. The maximum absolute atomic E-state index is 11.7. The highest BCUT2D eigenvalue weighted by molar-refractivity contribution is 7.99. The number of urea groups is 1. The van der Waals surface area contributed by atoms with Crippen LogP contribution in [0.5, 0.6) is 0 Å². The second-order valence-corrected chi connectivity index (χ2v) is 5.70. The van der Waals surface area contributed by atoms with E-state index in [1.807, 2.05) is 18.7 Å². The number of carbonyl (C=O) groups excluding carboxylic acids is 2. The number of hydrogen-bond acceptors (Lipinski definition) is 5. The number of nitrogens with zero attached hydrogens (tertiary/aromatic N) is 1. The average Bonchev–Trinajstić information content (AvgIpc) is 2.40. The molecule has 3 amide bonds. The molecule has 0 aromatic carbocycles. The van der Waals surface area contributed by atoms with Crippen LogP contribution in [0.3, 0.4) is 0 Å². The van der Waals surface area contributed by atoms with E-state index in [0.29, 0.717) is 6.54 Å². The van der Waals surface area contributed by atoms with Crippen LogP contribution < -0.4 is 16.0 Å². The number of rotatable bonds is 6. The number of thioether (sulfide) groups is 1. The molecule has 0 aromatic rings. The molecule has 1 rings (SSSR count). The Morgan fingerprint density at radius 2 is 2.00 bits per heavy atom. The van der Waals surface area contributed by atoms with Gasteiger partial charge >= 0.3 is 6.03 Å². The van der Waals surface area contributed by atoms with Gasteiger partial charge in [-0.2, -0.15) is 11.8 Å². The fraction of sp³-hybridized carbons (Fsp3) is 0.833. The van der Waals surface area contributed by atoms with Crippen molar-refractivity contribution in [3.63, 3.8) is 0 Å². The standard InChI is InChI=1S/C12H24N4O2S/c1-3-13-12(18)15-11(17)10(2)14-4-5-16-6-8-19-9-7-16/h10,14H,3-9H2,1-2H3,(H2,13,15,17,18). The summed E-state index contributed by atoms with van der Waals surface area (Å²) >= 11 is 1.98. The molecular formula is C12H24N4O2S. The fourth-order valence-electron chi connectivity index (χ4n) is 1.78. The molecule has 3 N–H and O–H groups in total. The van der Waals surface area contributed by atoms with Crippen LogP contribution in [0.2, 0.25) is 0 Å². The Bertz CT molecular complexity index is 295. The summed E-state index contributed by atoms with van der Waals surface area (Å²) in [5, 5.41) is 7.97. The first kappa shape index (κ1) is 16.3. The third-order valence-electron chi connectivity index (χ3n) is 2.95. The lowest BCUT2D eigenvalue weighted by atomic mass is 10.3. The molecule has 0 bridgehead atoms. The first-order valence-electron chi connectivity index (χ1n) is 6.75. The molecule has 1 aliphatic heterocycles. The van der Waals surface area contributed by atoms with Crippen LogP contribution in [0.25, 0.3) is 0 Å². The van der Waals surface area contributed by atoms with Gasteiger partial charge in [0.15, 0.2) is 0 Å². The van der Waals surface area contributed by atoms with Crippen molar-refractivity contribution in [2.45, 2.75) is 19.9 Å². The van der Waals surface area contributed by atoms with Crippen LogP contribution in [0.15, 0.2) is 0 Å². The van der Waals surface area contributed by atoms with E-state index in [1.165, 1.54) is 11.5 Å². The highest BCUT2D eigenvalue weighted by atomic mass is 32.2. The Morgan fingerprint density at radius 3 is 2.63 bits per heavy atom. The van der Waals surface area contributed by atoms with E-state index in [0.717, 1.165) is 26.2 Å². The number of carbonyl (C=O) groups is 2. The minimum atomic E-state index is -0.436. The molecule has 1 aliphatic rings. The van der Waals surface area contributed by atoms with Gasteiger partial charge in [0.25, 0.3) is 0 Å². The van der Waals surface area contributed by atoms with Crippen LogP contribution in [0, 0.1) is 0 Å². The molecule has 1 atom stereocenters.